The molecule has 2 unspecified atom stereocenters. The molecule has 110 valence electrons. The van der Waals surface area contributed by atoms with E-state index >= 15 is 0 Å². The van der Waals surface area contributed by atoms with Crippen LogP contribution in [-0.2, 0) is 0 Å². The summed E-state index contributed by atoms with van der Waals surface area (Å²) in [5.74, 6) is 0. The third-order valence-corrected chi connectivity index (χ3v) is 4.22. The molecule has 1 aliphatic rings. The monoisotopic (exact) mass is 293 g/mol. The lowest BCUT2D eigenvalue weighted by molar-refractivity contribution is 0.122. The molecule has 0 spiro atoms. The van der Waals surface area contributed by atoms with Crippen molar-refractivity contribution in [1.29, 1.82) is 0 Å². The number of β-amino-alcohol motifs (C(OH)–C–C–N with tert-alkyl or cyclic N) is 1. The van der Waals surface area contributed by atoms with E-state index in [1.807, 2.05) is 24.3 Å². The molecule has 0 aromatic heterocycles. The number of nitrogens with two attached hydrogens (primary N) is 1. The first-order chi connectivity index (χ1) is 9.47. The van der Waals surface area contributed by atoms with Gasteiger partial charge < -0.3 is 15.7 Å². The second-order valence-corrected chi connectivity index (χ2v) is 6.11. The Morgan fingerprint density at radius 1 is 1.45 bits per heavy atom. The Bertz CT molecular complexity index is 461. The number of aliphatic hydroxyl groups is 1. The fraction of sp³-hybridized carbons (Fsp3) is 0.533. The van der Waals surface area contributed by atoms with Crippen LogP contribution >= 0.6 is 12.2 Å². The molecule has 0 radical (unpaired) electrons. The smallest absolute Gasteiger partial charge is 0.103 e. The van der Waals surface area contributed by atoms with Gasteiger partial charge in [-0.3, -0.25) is 4.90 Å². The van der Waals surface area contributed by atoms with E-state index in [0.717, 1.165) is 24.2 Å². The molecule has 5 heteroatoms. The van der Waals surface area contributed by atoms with Gasteiger partial charge in [-0.15, -0.1) is 0 Å². The molecule has 3 N–H and O–H groups in total. The Morgan fingerprint density at radius 2 is 2.10 bits per heavy atom. The standard InChI is InChI=1S/C15H23N3OS/c1-17(2)13-7-8-18(9-13)10-14(19)11-3-5-12(6-4-11)15(16)20/h3-6,13-14,19H,7-10H2,1-2H3,(H2,16,20). The minimum absolute atomic E-state index is 0.388. The number of hydrogen-bond donors (Lipinski definition) is 2. The van der Waals surface area contributed by atoms with Gasteiger partial charge in [0, 0.05) is 24.7 Å². The Morgan fingerprint density at radius 3 is 2.60 bits per heavy atom. The topological polar surface area (TPSA) is 52.7 Å². The predicted octanol–water partition coefficient (Wildman–Crippen LogP) is 0.990. The number of hydrogen-bond acceptors (Lipinski definition) is 4. The van der Waals surface area contributed by atoms with E-state index in [-0.39, 0.29) is 0 Å². The lowest BCUT2D eigenvalue weighted by Gasteiger charge is -2.22. The maximum atomic E-state index is 10.3. The van der Waals surface area contributed by atoms with Crippen molar-refractivity contribution in [3.8, 4) is 0 Å². The van der Waals surface area contributed by atoms with E-state index in [4.69, 9.17) is 18.0 Å². The Kier molecular flexibility index (Phi) is 5.10. The van der Waals surface area contributed by atoms with Crippen LogP contribution in [-0.4, -0.2) is 59.7 Å². The fourth-order valence-electron chi connectivity index (χ4n) is 2.62. The summed E-state index contributed by atoms with van der Waals surface area (Å²) in [7, 11) is 4.22. The molecule has 2 rings (SSSR count). The van der Waals surface area contributed by atoms with Crippen molar-refractivity contribution in [3.05, 3.63) is 35.4 Å². The van der Waals surface area contributed by atoms with Gasteiger partial charge in [0.1, 0.15) is 4.99 Å². The second-order valence-electron chi connectivity index (χ2n) is 5.67. The van der Waals surface area contributed by atoms with Crippen LogP contribution < -0.4 is 5.73 Å². The first kappa shape index (κ1) is 15.4. The van der Waals surface area contributed by atoms with Gasteiger partial charge in [-0.05, 0) is 32.6 Å². The van der Waals surface area contributed by atoms with Crippen molar-refractivity contribution in [1.82, 2.24) is 9.80 Å². The minimum Gasteiger partial charge on any atom is -0.389 e. The second kappa shape index (κ2) is 6.63. The Labute approximate surface area is 126 Å². The molecule has 2 atom stereocenters. The van der Waals surface area contributed by atoms with Gasteiger partial charge in [0.25, 0.3) is 0 Å². The van der Waals surface area contributed by atoms with Crippen molar-refractivity contribution in [2.45, 2.75) is 18.6 Å². The fourth-order valence-corrected chi connectivity index (χ4v) is 2.76. The van der Waals surface area contributed by atoms with Crippen LogP contribution in [0, 0.1) is 0 Å². The average Bonchev–Trinajstić information content (AvgIpc) is 2.87. The zero-order valence-electron chi connectivity index (χ0n) is 12.1. The van der Waals surface area contributed by atoms with Crippen LogP contribution in [0.3, 0.4) is 0 Å². The SMILES string of the molecule is CN(C)C1CCN(CC(O)c2ccc(C(N)=S)cc2)C1. The summed E-state index contributed by atoms with van der Waals surface area (Å²) in [6.07, 6.45) is 0.705. The third-order valence-electron chi connectivity index (χ3n) is 3.99. The van der Waals surface area contributed by atoms with Gasteiger partial charge in [-0.1, -0.05) is 36.5 Å². The maximum Gasteiger partial charge on any atom is 0.103 e. The van der Waals surface area contributed by atoms with E-state index in [1.54, 1.807) is 0 Å². The van der Waals surface area contributed by atoms with E-state index in [2.05, 4.69) is 23.9 Å². The maximum absolute atomic E-state index is 10.3. The number of thiocarbonyl (C=S) groups is 1. The highest BCUT2D eigenvalue weighted by atomic mass is 32.1. The summed E-state index contributed by atoms with van der Waals surface area (Å²) in [6.45, 7) is 2.75. The molecule has 1 fully saturated rings. The van der Waals surface area contributed by atoms with Crippen LogP contribution in [0.4, 0.5) is 0 Å². The number of likely N-dealkylation sites (tertiary alicyclic amines) is 1. The molecule has 1 heterocycles. The van der Waals surface area contributed by atoms with Crippen LogP contribution in [0.25, 0.3) is 0 Å². The van der Waals surface area contributed by atoms with Gasteiger partial charge >= 0.3 is 0 Å². The molecule has 4 nitrogen and oxygen atoms in total. The van der Waals surface area contributed by atoms with Gasteiger partial charge in [-0.25, -0.2) is 0 Å². The van der Waals surface area contributed by atoms with E-state index in [0.29, 0.717) is 17.6 Å². The van der Waals surface area contributed by atoms with E-state index in [9.17, 15) is 5.11 Å². The number of rotatable bonds is 5. The summed E-state index contributed by atoms with van der Waals surface area (Å²) >= 11 is 4.93. The van der Waals surface area contributed by atoms with Crippen LogP contribution in [0.15, 0.2) is 24.3 Å². The highest BCUT2D eigenvalue weighted by Gasteiger charge is 2.25. The summed E-state index contributed by atoms with van der Waals surface area (Å²) in [6, 6.07) is 8.14. The molecule has 0 aliphatic carbocycles. The number of likely N-dealkylation sites (N-methyl/N-ethyl adjacent to an activating group) is 1. The van der Waals surface area contributed by atoms with Crippen LogP contribution in [0.1, 0.15) is 23.7 Å². The lowest BCUT2D eigenvalue weighted by atomic mass is 10.1. The first-order valence-corrected chi connectivity index (χ1v) is 7.35. The molecular weight excluding hydrogens is 270 g/mol. The largest absolute Gasteiger partial charge is 0.389 e. The van der Waals surface area contributed by atoms with Crippen molar-refractivity contribution in [3.63, 3.8) is 0 Å². The molecule has 1 saturated heterocycles. The third kappa shape index (κ3) is 3.76. The van der Waals surface area contributed by atoms with Gasteiger partial charge in [-0.2, -0.15) is 0 Å². The molecule has 0 bridgehead atoms. The molecule has 20 heavy (non-hydrogen) atoms. The predicted molar refractivity (Wildman–Crippen MR) is 85.8 cm³/mol. The minimum atomic E-state index is -0.462. The highest BCUT2D eigenvalue weighted by molar-refractivity contribution is 7.80. The average molecular weight is 293 g/mol. The van der Waals surface area contributed by atoms with Crippen molar-refractivity contribution in [2.24, 2.45) is 5.73 Å². The quantitative estimate of drug-likeness (QED) is 0.793. The van der Waals surface area contributed by atoms with Gasteiger partial charge in [0.15, 0.2) is 0 Å². The van der Waals surface area contributed by atoms with E-state index in [1.165, 1.54) is 6.42 Å². The van der Waals surface area contributed by atoms with Crippen molar-refractivity contribution < 1.29 is 5.11 Å². The van der Waals surface area contributed by atoms with Gasteiger partial charge in [0.2, 0.25) is 0 Å². The van der Waals surface area contributed by atoms with Crippen LogP contribution in [0.5, 0.6) is 0 Å². The normalized spacial score (nSPS) is 21.3. The molecule has 1 aromatic carbocycles. The van der Waals surface area contributed by atoms with Crippen molar-refractivity contribution in [2.75, 3.05) is 33.7 Å². The molecule has 1 aliphatic heterocycles. The number of benzene rings is 1. The molecule has 0 amide bonds. The lowest BCUT2D eigenvalue weighted by Crippen LogP contribution is -2.33. The van der Waals surface area contributed by atoms with Gasteiger partial charge in [0.05, 0.1) is 6.10 Å². The molecule has 1 aromatic rings. The van der Waals surface area contributed by atoms with E-state index < -0.39 is 6.10 Å². The zero-order valence-corrected chi connectivity index (χ0v) is 12.9. The molecular formula is C15H23N3OS. The Balaban J connectivity index is 1.92. The zero-order chi connectivity index (χ0) is 14.7. The number of nitrogens with zero attached hydrogens (tertiary/aromatic N) is 2. The first-order valence-electron chi connectivity index (χ1n) is 6.94. The van der Waals surface area contributed by atoms with Crippen LogP contribution in [0.2, 0.25) is 0 Å². The Hall–Kier alpha value is -1.01. The summed E-state index contributed by atoms with van der Waals surface area (Å²) < 4.78 is 0. The summed E-state index contributed by atoms with van der Waals surface area (Å²) in [4.78, 5) is 4.96. The summed E-state index contributed by atoms with van der Waals surface area (Å²) in [5, 5.41) is 10.3. The highest BCUT2D eigenvalue weighted by Crippen LogP contribution is 2.19. The molecule has 0 saturated carbocycles. The van der Waals surface area contributed by atoms with Crippen molar-refractivity contribution >= 4 is 17.2 Å². The summed E-state index contributed by atoms with van der Waals surface area (Å²) in [5.41, 5.74) is 7.32. The number of aliphatic hydroxyl groups excluding tert-OH is 1.